The lowest BCUT2D eigenvalue weighted by Crippen LogP contribution is -2.18. The summed E-state index contributed by atoms with van der Waals surface area (Å²) in [5, 5.41) is 8.31. The Kier molecular flexibility index (Phi) is 9.41. The third-order valence-corrected chi connectivity index (χ3v) is 3.07. The van der Waals surface area contributed by atoms with E-state index in [1.54, 1.807) is 18.2 Å². The summed E-state index contributed by atoms with van der Waals surface area (Å²) in [7, 11) is 1.48. The monoisotopic (exact) mass is 331 g/mol. The SMILES string of the molecule is CC(C)(C)CCCC(=O)O.COc1cccc(C(N)C(F)F)c1. The van der Waals surface area contributed by atoms with E-state index in [4.69, 9.17) is 15.6 Å². The molecular weight excluding hydrogens is 304 g/mol. The van der Waals surface area contributed by atoms with Crippen molar-refractivity contribution in [2.45, 2.75) is 52.5 Å². The molecule has 1 rings (SSSR count). The zero-order valence-corrected chi connectivity index (χ0v) is 14.2. The van der Waals surface area contributed by atoms with Crippen molar-refractivity contribution in [1.29, 1.82) is 0 Å². The molecule has 0 aliphatic carbocycles. The van der Waals surface area contributed by atoms with E-state index >= 15 is 0 Å². The molecule has 1 unspecified atom stereocenters. The van der Waals surface area contributed by atoms with Gasteiger partial charge in [-0.2, -0.15) is 0 Å². The number of halogens is 2. The maximum Gasteiger partial charge on any atom is 0.303 e. The van der Waals surface area contributed by atoms with Crippen molar-refractivity contribution in [3.63, 3.8) is 0 Å². The van der Waals surface area contributed by atoms with Crippen LogP contribution in [0.3, 0.4) is 0 Å². The predicted molar refractivity (Wildman–Crippen MR) is 86.9 cm³/mol. The number of rotatable bonds is 6. The van der Waals surface area contributed by atoms with Crippen LogP contribution in [0, 0.1) is 5.41 Å². The van der Waals surface area contributed by atoms with Crippen LogP contribution in [0.1, 0.15) is 51.6 Å². The number of benzene rings is 1. The number of ether oxygens (including phenoxy) is 1. The Morgan fingerprint density at radius 2 is 1.96 bits per heavy atom. The summed E-state index contributed by atoms with van der Waals surface area (Å²) in [4.78, 5) is 10.1. The maximum atomic E-state index is 12.2. The van der Waals surface area contributed by atoms with Crippen molar-refractivity contribution in [3.8, 4) is 5.75 Å². The highest BCUT2D eigenvalue weighted by atomic mass is 19.3. The minimum absolute atomic E-state index is 0.273. The second-order valence-corrected chi connectivity index (χ2v) is 6.44. The molecule has 1 atom stereocenters. The summed E-state index contributed by atoms with van der Waals surface area (Å²) in [6.07, 6.45) is -0.470. The fraction of sp³-hybridized carbons (Fsp3) is 0.588. The number of hydrogen-bond acceptors (Lipinski definition) is 3. The van der Waals surface area contributed by atoms with Crippen LogP contribution >= 0.6 is 0 Å². The number of carboxylic acids is 1. The van der Waals surface area contributed by atoms with Crippen molar-refractivity contribution in [2.24, 2.45) is 11.1 Å². The lowest BCUT2D eigenvalue weighted by Gasteiger charge is -2.16. The van der Waals surface area contributed by atoms with Gasteiger partial charge in [0.2, 0.25) is 0 Å². The molecule has 1 aromatic carbocycles. The molecule has 0 heterocycles. The number of carboxylic acid groups (broad SMARTS) is 1. The lowest BCUT2D eigenvalue weighted by atomic mass is 9.90. The number of alkyl halides is 2. The average Bonchev–Trinajstić information content (AvgIpc) is 2.45. The molecule has 0 bridgehead atoms. The zero-order valence-electron chi connectivity index (χ0n) is 14.2. The Bertz CT molecular complexity index is 473. The summed E-state index contributed by atoms with van der Waals surface area (Å²) in [5.74, 6) is -0.155. The average molecular weight is 331 g/mol. The molecule has 4 nitrogen and oxygen atoms in total. The highest BCUT2D eigenvalue weighted by Gasteiger charge is 2.17. The van der Waals surface area contributed by atoms with Gasteiger partial charge >= 0.3 is 5.97 Å². The van der Waals surface area contributed by atoms with Crippen LogP contribution in [-0.2, 0) is 4.79 Å². The lowest BCUT2D eigenvalue weighted by molar-refractivity contribution is -0.137. The van der Waals surface area contributed by atoms with E-state index in [9.17, 15) is 13.6 Å². The van der Waals surface area contributed by atoms with E-state index in [1.165, 1.54) is 13.2 Å². The van der Waals surface area contributed by atoms with Gasteiger partial charge in [0.15, 0.2) is 0 Å². The summed E-state index contributed by atoms with van der Waals surface area (Å²) < 4.78 is 29.3. The Balaban J connectivity index is 0.000000438. The number of aliphatic carboxylic acids is 1. The minimum Gasteiger partial charge on any atom is -0.497 e. The molecular formula is C17H27F2NO3. The van der Waals surface area contributed by atoms with Gasteiger partial charge in [0, 0.05) is 6.42 Å². The van der Waals surface area contributed by atoms with Crippen LogP contribution in [0.15, 0.2) is 24.3 Å². The molecule has 0 aliphatic rings. The highest BCUT2D eigenvalue weighted by Crippen LogP contribution is 2.22. The number of nitrogens with two attached hydrogens (primary N) is 1. The van der Waals surface area contributed by atoms with Gasteiger partial charge in [0.25, 0.3) is 6.43 Å². The standard InChI is InChI=1S/C9H11F2NO.C8H16O2/c1-13-7-4-2-3-6(5-7)8(12)9(10)11;1-8(2,3)6-4-5-7(9)10/h2-5,8-9H,12H2,1H3;4-6H2,1-3H3,(H,9,10). The molecule has 0 radical (unpaired) electrons. The van der Waals surface area contributed by atoms with Crippen molar-refractivity contribution in [2.75, 3.05) is 7.11 Å². The molecule has 23 heavy (non-hydrogen) atoms. The van der Waals surface area contributed by atoms with Crippen molar-refractivity contribution in [3.05, 3.63) is 29.8 Å². The van der Waals surface area contributed by atoms with Crippen LogP contribution in [-0.4, -0.2) is 24.6 Å². The quantitative estimate of drug-likeness (QED) is 0.817. The van der Waals surface area contributed by atoms with Gasteiger partial charge in [0.1, 0.15) is 5.75 Å². The Labute approximate surface area is 136 Å². The largest absolute Gasteiger partial charge is 0.497 e. The molecule has 132 valence electrons. The topological polar surface area (TPSA) is 72.5 Å². The van der Waals surface area contributed by atoms with Crippen LogP contribution < -0.4 is 10.5 Å². The molecule has 0 aliphatic heterocycles. The van der Waals surface area contributed by atoms with E-state index in [0.29, 0.717) is 17.7 Å². The number of hydrogen-bond donors (Lipinski definition) is 2. The molecule has 1 aromatic rings. The van der Waals surface area contributed by atoms with Crippen molar-refractivity contribution < 1.29 is 23.4 Å². The van der Waals surface area contributed by atoms with E-state index in [2.05, 4.69) is 20.8 Å². The van der Waals surface area contributed by atoms with Crippen LogP contribution in [0.25, 0.3) is 0 Å². The van der Waals surface area contributed by atoms with E-state index < -0.39 is 18.4 Å². The van der Waals surface area contributed by atoms with Crippen LogP contribution in [0.2, 0.25) is 0 Å². The fourth-order valence-corrected chi connectivity index (χ4v) is 1.76. The second kappa shape index (κ2) is 10.2. The summed E-state index contributed by atoms with van der Waals surface area (Å²) in [6, 6.07) is 5.14. The highest BCUT2D eigenvalue weighted by molar-refractivity contribution is 5.66. The van der Waals surface area contributed by atoms with Gasteiger partial charge in [-0.15, -0.1) is 0 Å². The third-order valence-electron chi connectivity index (χ3n) is 3.07. The van der Waals surface area contributed by atoms with Gasteiger partial charge < -0.3 is 15.6 Å². The predicted octanol–water partition coefficient (Wildman–Crippen LogP) is 4.25. The fourth-order valence-electron chi connectivity index (χ4n) is 1.76. The first-order chi connectivity index (χ1) is 10.6. The molecule has 0 spiro atoms. The summed E-state index contributed by atoms with van der Waals surface area (Å²) in [6.45, 7) is 6.36. The Hall–Kier alpha value is -1.69. The number of methoxy groups -OCH3 is 1. The minimum atomic E-state index is -2.55. The zero-order chi connectivity index (χ0) is 18.0. The molecule has 0 amide bonds. The first kappa shape index (κ1) is 21.3. The maximum absolute atomic E-state index is 12.2. The molecule has 0 saturated heterocycles. The first-order valence-corrected chi connectivity index (χ1v) is 7.46. The van der Waals surface area contributed by atoms with Gasteiger partial charge in [-0.3, -0.25) is 4.79 Å². The molecule has 0 fully saturated rings. The third kappa shape index (κ3) is 10.6. The van der Waals surface area contributed by atoms with Gasteiger partial charge in [-0.25, -0.2) is 8.78 Å². The van der Waals surface area contributed by atoms with E-state index in [-0.39, 0.29) is 5.41 Å². The van der Waals surface area contributed by atoms with E-state index in [1.807, 2.05) is 0 Å². The van der Waals surface area contributed by atoms with Crippen molar-refractivity contribution in [1.82, 2.24) is 0 Å². The molecule has 3 N–H and O–H groups in total. The molecule has 0 aromatic heterocycles. The Morgan fingerprint density at radius 3 is 2.39 bits per heavy atom. The van der Waals surface area contributed by atoms with Crippen LogP contribution in [0.5, 0.6) is 5.75 Å². The summed E-state index contributed by atoms with van der Waals surface area (Å²) >= 11 is 0. The second-order valence-electron chi connectivity index (χ2n) is 6.44. The van der Waals surface area contributed by atoms with E-state index in [0.717, 1.165) is 12.8 Å². The van der Waals surface area contributed by atoms with Crippen molar-refractivity contribution >= 4 is 5.97 Å². The Morgan fingerprint density at radius 1 is 1.35 bits per heavy atom. The smallest absolute Gasteiger partial charge is 0.303 e. The molecule has 0 saturated carbocycles. The van der Waals surface area contributed by atoms with Gasteiger partial charge in [-0.05, 0) is 36.0 Å². The normalized spacial score (nSPS) is 12.3. The van der Waals surface area contributed by atoms with Gasteiger partial charge in [0.05, 0.1) is 13.2 Å². The molecule has 6 heteroatoms. The van der Waals surface area contributed by atoms with Gasteiger partial charge in [-0.1, -0.05) is 32.9 Å². The van der Waals surface area contributed by atoms with Crippen LogP contribution in [0.4, 0.5) is 8.78 Å². The number of carbonyl (C=O) groups is 1. The summed E-state index contributed by atoms with van der Waals surface area (Å²) in [5.41, 5.74) is 5.91. The first-order valence-electron chi connectivity index (χ1n) is 7.46.